The maximum Gasteiger partial charge on any atom is 0.226 e. The zero-order valence-electron chi connectivity index (χ0n) is 18.7. The molecule has 1 saturated carbocycles. The number of aliphatic hydroxyl groups is 1. The van der Waals surface area contributed by atoms with E-state index in [1.165, 1.54) is 12.0 Å². The van der Waals surface area contributed by atoms with Crippen LogP contribution in [0.15, 0.2) is 42.7 Å². The van der Waals surface area contributed by atoms with Gasteiger partial charge in [0.25, 0.3) is 0 Å². The van der Waals surface area contributed by atoms with Gasteiger partial charge in [-0.05, 0) is 55.2 Å². The molecule has 1 unspecified atom stereocenters. The maximum atomic E-state index is 13.6. The standard InChI is InChI=1S/C27H31N3O2/c1-29-24-12-11-19(9-10-20-6-5-14-28-17-20)16-23(24)26-22(25(29)18-31)13-15-30(26)27(32)21-7-3-2-4-8-21/h5-6,11-12,14,16-17,21-22,25-26,31H,2-4,7-8,13,15,18H2,1H3/t22-,25+,26?/m0/s1. The molecule has 0 bridgehead atoms. The largest absolute Gasteiger partial charge is 0.394 e. The first-order valence-corrected chi connectivity index (χ1v) is 11.9. The van der Waals surface area contributed by atoms with Crippen molar-refractivity contribution in [3.63, 3.8) is 0 Å². The third-order valence-corrected chi connectivity index (χ3v) is 7.60. The number of nitrogens with zero attached hydrogens (tertiary/aromatic N) is 3. The molecule has 1 aromatic heterocycles. The normalized spacial score (nSPS) is 25.0. The smallest absolute Gasteiger partial charge is 0.226 e. The monoisotopic (exact) mass is 429 g/mol. The van der Waals surface area contributed by atoms with Gasteiger partial charge in [0, 0.05) is 54.6 Å². The SMILES string of the molecule is CN1c2ccc(C#Cc3cccnc3)cc2C2[C@@H](CCN2C(=O)C2CCCCC2)[C@H]1CO. The summed E-state index contributed by atoms with van der Waals surface area (Å²) in [5.41, 5.74) is 4.09. The molecule has 1 N–H and O–H groups in total. The minimum atomic E-state index is 0.0212. The first-order chi connectivity index (χ1) is 15.7. The summed E-state index contributed by atoms with van der Waals surface area (Å²) in [5.74, 6) is 7.19. The fourth-order valence-electron chi connectivity index (χ4n) is 5.94. The molecule has 2 aliphatic heterocycles. The van der Waals surface area contributed by atoms with Gasteiger partial charge in [-0.15, -0.1) is 0 Å². The highest BCUT2D eigenvalue weighted by Crippen LogP contribution is 2.49. The Kier molecular flexibility index (Phi) is 5.89. The minimum absolute atomic E-state index is 0.0212. The minimum Gasteiger partial charge on any atom is -0.394 e. The molecule has 0 radical (unpaired) electrons. The number of likely N-dealkylation sites (tertiary alicyclic amines) is 1. The highest BCUT2D eigenvalue weighted by atomic mass is 16.3. The van der Waals surface area contributed by atoms with Gasteiger partial charge in [-0.25, -0.2) is 0 Å². The fraction of sp³-hybridized carbons (Fsp3) is 0.481. The molecule has 3 aliphatic rings. The van der Waals surface area contributed by atoms with Gasteiger partial charge in [-0.2, -0.15) is 0 Å². The van der Waals surface area contributed by atoms with Crippen LogP contribution in [0.5, 0.6) is 0 Å². The second kappa shape index (κ2) is 8.96. The lowest BCUT2D eigenvalue weighted by atomic mass is 9.81. The van der Waals surface area contributed by atoms with E-state index < -0.39 is 0 Å². The topological polar surface area (TPSA) is 56.7 Å². The van der Waals surface area contributed by atoms with Crippen molar-refractivity contribution < 1.29 is 9.90 Å². The van der Waals surface area contributed by atoms with Gasteiger partial charge in [-0.3, -0.25) is 9.78 Å². The Morgan fingerprint density at radius 1 is 1.12 bits per heavy atom. The molecule has 2 fully saturated rings. The Morgan fingerprint density at radius 2 is 1.94 bits per heavy atom. The maximum absolute atomic E-state index is 13.6. The second-order valence-electron chi connectivity index (χ2n) is 9.39. The van der Waals surface area contributed by atoms with Crippen LogP contribution >= 0.6 is 0 Å². The second-order valence-corrected chi connectivity index (χ2v) is 9.39. The number of likely N-dealkylation sites (N-methyl/N-ethyl adjacent to an activating group) is 1. The summed E-state index contributed by atoms with van der Waals surface area (Å²) >= 11 is 0. The molecule has 3 heterocycles. The lowest BCUT2D eigenvalue weighted by molar-refractivity contribution is -0.138. The third-order valence-electron chi connectivity index (χ3n) is 7.60. The number of amides is 1. The highest BCUT2D eigenvalue weighted by molar-refractivity contribution is 5.80. The Bertz CT molecular complexity index is 1040. The zero-order chi connectivity index (χ0) is 22.1. The van der Waals surface area contributed by atoms with E-state index in [9.17, 15) is 9.90 Å². The van der Waals surface area contributed by atoms with Gasteiger partial charge in [0.15, 0.2) is 0 Å². The molecule has 1 aromatic carbocycles. The average Bonchev–Trinajstić information content (AvgIpc) is 3.29. The van der Waals surface area contributed by atoms with Crippen LogP contribution in [0, 0.1) is 23.7 Å². The average molecular weight is 430 g/mol. The molecule has 166 valence electrons. The number of aromatic nitrogens is 1. The number of aliphatic hydroxyl groups excluding tert-OH is 1. The van der Waals surface area contributed by atoms with E-state index in [1.54, 1.807) is 12.4 Å². The Morgan fingerprint density at radius 3 is 2.69 bits per heavy atom. The van der Waals surface area contributed by atoms with Crippen LogP contribution in [0.1, 0.15) is 61.3 Å². The number of pyridine rings is 1. The predicted molar refractivity (Wildman–Crippen MR) is 125 cm³/mol. The molecule has 5 rings (SSSR count). The van der Waals surface area contributed by atoms with Crippen molar-refractivity contribution in [1.82, 2.24) is 9.88 Å². The number of anilines is 1. The molecule has 1 saturated heterocycles. The van der Waals surface area contributed by atoms with Crippen molar-refractivity contribution in [3.8, 4) is 11.8 Å². The van der Waals surface area contributed by atoms with Crippen molar-refractivity contribution in [2.45, 2.75) is 50.6 Å². The van der Waals surface area contributed by atoms with Crippen molar-refractivity contribution in [2.24, 2.45) is 11.8 Å². The highest BCUT2D eigenvalue weighted by Gasteiger charge is 2.48. The van der Waals surface area contributed by atoms with Gasteiger partial charge in [0.1, 0.15) is 0 Å². The van der Waals surface area contributed by atoms with E-state index in [2.05, 4.69) is 45.8 Å². The molecule has 5 nitrogen and oxygen atoms in total. The quantitative estimate of drug-likeness (QED) is 0.739. The number of hydrogen-bond acceptors (Lipinski definition) is 4. The van der Waals surface area contributed by atoms with Gasteiger partial charge in [0.05, 0.1) is 18.7 Å². The van der Waals surface area contributed by atoms with Crippen LogP contribution in [0.25, 0.3) is 0 Å². The Balaban J connectivity index is 1.51. The summed E-state index contributed by atoms with van der Waals surface area (Å²) in [6.07, 6.45) is 10.0. The summed E-state index contributed by atoms with van der Waals surface area (Å²) in [4.78, 5) is 22.0. The molecule has 3 atom stereocenters. The van der Waals surface area contributed by atoms with Crippen LogP contribution in [0.2, 0.25) is 0 Å². The van der Waals surface area contributed by atoms with E-state index >= 15 is 0 Å². The molecular formula is C27H31N3O2. The lowest BCUT2D eigenvalue weighted by Gasteiger charge is -2.45. The fourth-order valence-corrected chi connectivity index (χ4v) is 5.94. The number of carbonyl (C=O) groups excluding carboxylic acids is 1. The van der Waals surface area contributed by atoms with Crippen molar-refractivity contribution >= 4 is 11.6 Å². The van der Waals surface area contributed by atoms with Gasteiger partial charge in [0.2, 0.25) is 5.91 Å². The predicted octanol–water partition coefficient (Wildman–Crippen LogP) is 3.76. The first-order valence-electron chi connectivity index (χ1n) is 11.9. The lowest BCUT2D eigenvalue weighted by Crippen LogP contribution is -2.49. The van der Waals surface area contributed by atoms with Crippen molar-refractivity contribution in [1.29, 1.82) is 0 Å². The number of carbonyl (C=O) groups is 1. The number of rotatable bonds is 2. The van der Waals surface area contributed by atoms with Crippen LogP contribution in [-0.2, 0) is 4.79 Å². The van der Waals surface area contributed by atoms with E-state index in [0.29, 0.717) is 5.91 Å². The number of fused-ring (bicyclic) bond motifs is 3. The number of benzene rings is 1. The molecule has 0 spiro atoms. The van der Waals surface area contributed by atoms with Crippen LogP contribution in [0.3, 0.4) is 0 Å². The van der Waals surface area contributed by atoms with E-state index in [1.807, 2.05) is 18.2 Å². The molecular weight excluding hydrogens is 398 g/mol. The Hall–Kier alpha value is -2.84. The molecule has 1 amide bonds. The third kappa shape index (κ3) is 3.78. The van der Waals surface area contributed by atoms with Gasteiger partial charge >= 0.3 is 0 Å². The summed E-state index contributed by atoms with van der Waals surface area (Å²) in [6.45, 7) is 0.880. The van der Waals surface area contributed by atoms with E-state index in [-0.39, 0.29) is 30.5 Å². The summed E-state index contributed by atoms with van der Waals surface area (Å²) in [6, 6.07) is 10.2. The summed E-state index contributed by atoms with van der Waals surface area (Å²) < 4.78 is 0. The summed E-state index contributed by atoms with van der Waals surface area (Å²) in [7, 11) is 2.06. The van der Waals surface area contributed by atoms with Crippen molar-refractivity contribution in [3.05, 3.63) is 59.4 Å². The van der Waals surface area contributed by atoms with Gasteiger partial charge < -0.3 is 14.9 Å². The molecule has 2 aromatic rings. The summed E-state index contributed by atoms with van der Waals surface area (Å²) in [5, 5.41) is 10.2. The van der Waals surface area contributed by atoms with Gasteiger partial charge in [-0.1, -0.05) is 31.1 Å². The van der Waals surface area contributed by atoms with E-state index in [4.69, 9.17) is 0 Å². The Labute approximate surface area is 190 Å². The van der Waals surface area contributed by atoms with E-state index in [0.717, 1.165) is 55.5 Å². The van der Waals surface area contributed by atoms with Crippen LogP contribution < -0.4 is 4.90 Å². The molecule has 1 aliphatic carbocycles. The number of hydrogen-bond donors (Lipinski definition) is 1. The zero-order valence-corrected chi connectivity index (χ0v) is 18.7. The molecule has 32 heavy (non-hydrogen) atoms. The molecule has 5 heteroatoms. The first kappa shape index (κ1) is 21.0. The van der Waals surface area contributed by atoms with Crippen molar-refractivity contribution in [2.75, 3.05) is 25.1 Å². The van der Waals surface area contributed by atoms with Crippen LogP contribution in [0.4, 0.5) is 5.69 Å². The van der Waals surface area contributed by atoms with Crippen LogP contribution in [-0.4, -0.2) is 47.1 Å².